The van der Waals surface area contributed by atoms with Crippen LogP contribution in [-0.2, 0) is 20.9 Å². The number of nitro groups is 1. The number of ether oxygens (including phenoxy) is 1. The van der Waals surface area contributed by atoms with Gasteiger partial charge in [0.1, 0.15) is 23.8 Å². The molecule has 0 N–H and O–H groups in total. The Bertz CT molecular complexity index is 822. The number of benzene rings is 1. The van der Waals surface area contributed by atoms with Gasteiger partial charge in [-0.2, -0.15) is 0 Å². The third-order valence-electron chi connectivity index (χ3n) is 3.98. The molecule has 1 aromatic heterocycles. The standard InChI is InChI=1S/C17H16N2O6S/c1-11(20)18-14(10-26-16(18)15-7-4-8-24-15)17(21)25-9-12-5-2-3-6-13(12)19(22)23/h2-8,14,16H,9-10H2,1H3/t14-,16+/m1/s1. The van der Waals surface area contributed by atoms with Gasteiger partial charge < -0.3 is 14.1 Å². The van der Waals surface area contributed by atoms with Crippen LogP contribution in [0.15, 0.2) is 47.1 Å². The molecule has 26 heavy (non-hydrogen) atoms. The third-order valence-corrected chi connectivity index (χ3v) is 5.26. The molecule has 0 saturated carbocycles. The molecule has 2 heterocycles. The lowest BCUT2D eigenvalue weighted by Crippen LogP contribution is -2.42. The van der Waals surface area contributed by atoms with Crippen molar-refractivity contribution in [3.8, 4) is 0 Å². The molecule has 1 aliphatic heterocycles. The number of hydrogen-bond donors (Lipinski definition) is 0. The van der Waals surface area contributed by atoms with E-state index in [1.165, 1.54) is 42.0 Å². The van der Waals surface area contributed by atoms with Crippen LogP contribution in [0.5, 0.6) is 0 Å². The van der Waals surface area contributed by atoms with Crippen LogP contribution in [0, 0.1) is 10.1 Å². The zero-order valence-corrected chi connectivity index (χ0v) is 14.7. The predicted octanol–water partition coefficient (Wildman–Crippen LogP) is 2.89. The zero-order chi connectivity index (χ0) is 18.7. The fourth-order valence-electron chi connectivity index (χ4n) is 2.78. The first kappa shape index (κ1) is 18.0. The normalized spacial score (nSPS) is 19.3. The third kappa shape index (κ3) is 3.57. The maximum absolute atomic E-state index is 12.5. The van der Waals surface area contributed by atoms with Crippen molar-refractivity contribution in [1.82, 2.24) is 4.90 Å². The molecule has 0 spiro atoms. The van der Waals surface area contributed by atoms with Crippen LogP contribution < -0.4 is 0 Å². The van der Waals surface area contributed by atoms with E-state index in [2.05, 4.69) is 0 Å². The van der Waals surface area contributed by atoms with E-state index in [1.54, 1.807) is 24.3 Å². The lowest BCUT2D eigenvalue weighted by atomic mass is 10.2. The Hall–Kier alpha value is -2.81. The first-order chi connectivity index (χ1) is 12.5. The molecule has 8 nitrogen and oxygen atoms in total. The minimum atomic E-state index is -0.768. The number of esters is 1. The number of nitrogens with zero attached hydrogens (tertiary/aromatic N) is 2. The highest BCUT2D eigenvalue weighted by Gasteiger charge is 2.43. The van der Waals surface area contributed by atoms with Gasteiger partial charge >= 0.3 is 5.97 Å². The molecule has 0 unspecified atom stereocenters. The summed E-state index contributed by atoms with van der Waals surface area (Å²) in [6, 6.07) is 8.75. The van der Waals surface area contributed by atoms with Crippen molar-refractivity contribution in [2.45, 2.75) is 24.9 Å². The van der Waals surface area contributed by atoms with Crippen LogP contribution in [0.1, 0.15) is 23.6 Å². The Morgan fingerprint density at radius 3 is 2.77 bits per heavy atom. The highest BCUT2D eigenvalue weighted by molar-refractivity contribution is 7.99. The molecule has 1 aromatic carbocycles. The highest BCUT2D eigenvalue weighted by atomic mass is 32.2. The van der Waals surface area contributed by atoms with Gasteiger partial charge in [-0.05, 0) is 18.2 Å². The largest absolute Gasteiger partial charge is 0.466 e. The Labute approximate surface area is 153 Å². The topological polar surface area (TPSA) is 103 Å². The van der Waals surface area contributed by atoms with Crippen molar-refractivity contribution in [3.05, 3.63) is 64.1 Å². The molecule has 3 rings (SSSR count). The average Bonchev–Trinajstić information content (AvgIpc) is 3.28. The predicted molar refractivity (Wildman–Crippen MR) is 93.1 cm³/mol. The fourth-order valence-corrected chi connectivity index (χ4v) is 4.20. The maximum atomic E-state index is 12.5. The smallest absolute Gasteiger partial charge is 0.330 e. The van der Waals surface area contributed by atoms with Crippen LogP contribution in [0.4, 0.5) is 5.69 Å². The molecule has 136 valence electrons. The van der Waals surface area contributed by atoms with E-state index in [0.29, 0.717) is 17.1 Å². The van der Waals surface area contributed by atoms with Crippen molar-refractivity contribution in [1.29, 1.82) is 0 Å². The van der Waals surface area contributed by atoms with E-state index in [9.17, 15) is 19.7 Å². The highest BCUT2D eigenvalue weighted by Crippen LogP contribution is 2.41. The van der Waals surface area contributed by atoms with Crippen LogP contribution in [0.3, 0.4) is 0 Å². The number of rotatable bonds is 5. The van der Waals surface area contributed by atoms with Gasteiger partial charge in [0, 0.05) is 18.7 Å². The first-order valence-electron chi connectivity index (χ1n) is 7.82. The summed E-state index contributed by atoms with van der Waals surface area (Å²) in [6.07, 6.45) is 1.51. The molecular weight excluding hydrogens is 360 g/mol. The summed E-state index contributed by atoms with van der Waals surface area (Å²) >= 11 is 1.40. The molecule has 0 radical (unpaired) electrons. The second-order valence-electron chi connectivity index (χ2n) is 5.64. The van der Waals surface area contributed by atoms with Gasteiger partial charge in [0.15, 0.2) is 0 Å². The molecule has 1 aliphatic rings. The number of thioether (sulfide) groups is 1. The van der Waals surface area contributed by atoms with Gasteiger partial charge in [0.2, 0.25) is 5.91 Å². The lowest BCUT2D eigenvalue weighted by molar-refractivity contribution is -0.385. The second-order valence-corrected chi connectivity index (χ2v) is 6.75. The van der Waals surface area contributed by atoms with Crippen LogP contribution in [-0.4, -0.2) is 33.5 Å². The summed E-state index contributed by atoms with van der Waals surface area (Å²) in [5.74, 6) is 0.0730. The van der Waals surface area contributed by atoms with E-state index >= 15 is 0 Å². The molecule has 1 amide bonds. The van der Waals surface area contributed by atoms with E-state index in [0.717, 1.165) is 0 Å². The molecule has 0 bridgehead atoms. The number of hydrogen-bond acceptors (Lipinski definition) is 7. The van der Waals surface area contributed by atoms with Crippen molar-refractivity contribution >= 4 is 29.3 Å². The summed E-state index contributed by atoms with van der Waals surface area (Å²) in [4.78, 5) is 36.5. The maximum Gasteiger partial charge on any atom is 0.330 e. The first-order valence-corrected chi connectivity index (χ1v) is 8.86. The van der Waals surface area contributed by atoms with Gasteiger partial charge in [-0.25, -0.2) is 4.79 Å². The Kier molecular flexibility index (Phi) is 5.27. The summed E-state index contributed by atoms with van der Waals surface area (Å²) < 4.78 is 10.6. The number of carbonyl (C=O) groups excluding carboxylic acids is 2. The van der Waals surface area contributed by atoms with E-state index in [4.69, 9.17) is 9.15 Å². The molecule has 1 saturated heterocycles. The van der Waals surface area contributed by atoms with Gasteiger partial charge in [0.25, 0.3) is 5.69 Å². The lowest BCUT2D eigenvalue weighted by Gasteiger charge is -2.25. The number of nitro benzene ring substituents is 1. The second kappa shape index (κ2) is 7.61. The van der Waals surface area contributed by atoms with Gasteiger partial charge in [0.05, 0.1) is 16.7 Å². The molecule has 0 aliphatic carbocycles. The van der Waals surface area contributed by atoms with Crippen molar-refractivity contribution in [2.24, 2.45) is 0 Å². The molecule has 9 heteroatoms. The summed E-state index contributed by atoms with van der Waals surface area (Å²) in [5.41, 5.74) is 0.187. The number of carbonyl (C=O) groups is 2. The van der Waals surface area contributed by atoms with Crippen LogP contribution in [0.2, 0.25) is 0 Å². The van der Waals surface area contributed by atoms with Crippen molar-refractivity contribution < 1.29 is 23.7 Å². The summed E-state index contributed by atoms with van der Waals surface area (Å²) in [5, 5.41) is 10.6. The van der Waals surface area contributed by atoms with Gasteiger partial charge in [-0.3, -0.25) is 14.9 Å². The van der Waals surface area contributed by atoms with Gasteiger partial charge in [-0.1, -0.05) is 12.1 Å². The number of amides is 1. The van der Waals surface area contributed by atoms with Crippen LogP contribution in [0.25, 0.3) is 0 Å². The van der Waals surface area contributed by atoms with Crippen molar-refractivity contribution in [3.63, 3.8) is 0 Å². The molecule has 2 aromatic rings. The SMILES string of the molecule is CC(=O)N1[C@@H](C(=O)OCc2ccccc2[N+](=O)[O-])CS[C@H]1c1ccco1. The van der Waals surface area contributed by atoms with Crippen molar-refractivity contribution in [2.75, 3.05) is 5.75 Å². The Morgan fingerprint density at radius 2 is 2.12 bits per heavy atom. The molecule has 1 fully saturated rings. The number of para-hydroxylation sites is 1. The zero-order valence-electron chi connectivity index (χ0n) is 13.9. The summed E-state index contributed by atoms with van der Waals surface area (Å²) in [7, 11) is 0. The van der Waals surface area contributed by atoms with E-state index < -0.39 is 22.3 Å². The van der Waals surface area contributed by atoms with E-state index in [-0.39, 0.29) is 18.2 Å². The molecular formula is C17H16N2O6S. The monoisotopic (exact) mass is 376 g/mol. The Balaban J connectivity index is 1.72. The van der Waals surface area contributed by atoms with E-state index in [1.807, 2.05) is 0 Å². The summed E-state index contributed by atoms with van der Waals surface area (Å²) in [6.45, 7) is 1.15. The van der Waals surface area contributed by atoms with Crippen LogP contribution >= 0.6 is 11.8 Å². The molecule has 2 atom stereocenters. The minimum absolute atomic E-state index is 0.113. The quantitative estimate of drug-likeness (QED) is 0.449. The minimum Gasteiger partial charge on any atom is -0.466 e. The Morgan fingerprint density at radius 1 is 1.35 bits per heavy atom. The fraction of sp³-hybridized carbons (Fsp3) is 0.294. The van der Waals surface area contributed by atoms with Gasteiger partial charge in [-0.15, -0.1) is 11.8 Å². The number of furan rings is 1. The average molecular weight is 376 g/mol.